The van der Waals surface area contributed by atoms with Gasteiger partial charge in [0.15, 0.2) is 0 Å². The van der Waals surface area contributed by atoms with Crippen molar-refractivity contribution in [3.05, 3.63) is 28.5 Å². The largest absolute Gasteiger partial charge is 0.316 e. The predicted molar refractivity (Wildman–Crippen MR) is 72.6 cm³/mol. The van der Waals surface area contributed by atoms with Crippen molar-refractivity contribution in [2.24, 2.45) is 5.41 Å². The number of rotatable bonds is 5. The second-order valence-electron chi connectivity index (χ2n) is 4.90. The van der Waals surface area contributed by atoms with Gasteiger partial charge in [-0.2, -0.15) is 0 Å². The van der Waals surface area contributed by atoms with Crippen molar-refractivity contribution in [2.45, 2.75) is 39.7 Å². The molecular formula is C13H21BrN2. The van der Waals surface area contributed by atoms with Crippen LogP contribution in [0.15, 0.2) is 22.9 Å². The smallest absolute Gasteiger partial charge is 0.0410 e. The van der Waals surface area contributed by atoms with Crippen molar-refractivity contribution in [1.29, 1.82) is 0 Å². The summed E-state index contributed by atoms with van der Waals surface area (Å²) in [5.41, 5.74) is 1.58. The van der Waals surface area contributed by atoms with Crippen LogP contribution in [0.25, 0.3) is 0 Å². The summed E-state index contributed by atoms with van der Waals surface area (Å²) in [6.07, 6.45) is 5.95. The Bertz CT molecular complexity index is 336. The monoisotopic (exact) mass is 284 g/mol. The summed E-state index contributed by atoms with van der Waals surface area (Å²) in [5, 5.41) is 3.42. The first kappa shape index (κ1) is 13.7. The highest BCUT2D eigenvalue weighted by Gasteiger charge is 2.26. The molecule has 0 spiro atoms. The standard InChI is InChI=1S/C13H21BrN2/c1-5-13(2,3)12(15-4)7-10-6-11(14)9-16-8-10/h6,8-9,12,15H,5,7H2,1-4H3. The number of hydrogen-bond donors (Lipinski definition) is 1. The second kappa shape index (κ2) is 5.78. The highest BCUT2D eigenvalue weighted by atomic mass is 79.9. The molecule has 1 atom stereocenters. The van der Waals surface area contributed by atoms with E-state index in [0.29, 0.717) is 11.5 Å². The van der Waals surface area contributed by atoms with Crippen LogP contribution in [0.5, 0.6) is 0 Å². The van der Waals surface area contributed by atoms with Crippen molar-refractivity contribution in [3.63, 3.8) is 0 Å². The zero-order valence-corrected chi connectivity index (χ0v) is 12.1. The van der Waals surface area contributed by atoms with Crippen LogP contribution in [0.4, 0.5) is 0 Å². The van der Waals surface area contributed by atoms with E-state index in [0.717, 1.165) is 10.9 Å². The van der Waals surface area contributed by atoms with E-state index in [2.05, 4.69) is 53.1 Å². The van der Waals surface area contributed by atoms with Gasteiger partial charge in [0.1, 0.15) is 0 Å². The topological polar surface area (TPSA) is 24.9 Å². The van der Waals surface area contributed by atoms with Crippen LogP contribution in [-0.2, 0) is 6.42 Å². The maximum Gasteiger partial charge on any atom is 0.0410 e. The lowest BCUT2D eigenvalue weighted by Gasteiger charge is -2.33. The van der Waals surface area contributed by atoms with Crippen molar-refractivity contribution >= 4 is 15.9 Å². The van der Waals surface area contributed by atoms with E-state index in [9.17, 15) is 0 Å². The summed E-state index contributed by atoms with van der Waals surface area (Å²) < 4.78 is 1.05. The fraction of sp³-hybridized carbons (Fsp3) is 0.615. The van der Waals surface area contributed by atoms with E-state index in [4.69, 9.17) is 0 Å². The average molecular weight is 285 g/mol. The van der Waals surface area contributed by atoms with E-state index in [1.165, 1.54) is 12.0 Å². The first-order valence-corrected chi connectivity index (χ1v) is 6.55. The zero-order valence-electron chi connectivity index (χ0n) is 10.5. The Labute approximate surface area is 107 Å². The fourth-order valence-electron chi connectivity index (χ4n) is 1.82. The molecule has 16 heavy (non-hydrogen) atoms. The third-order valence-corrected chi connectivity index (χ3v) is 3.84. The highest BCUT2D eigenvalue weighted by molar-refractivity contribution is 9.10. The number of nitrogens with one attached hydrogen (secondary N) is 1. The average Bonchev–Trinajstić information content (AvgIpc) is 2.25. The van der Waals surface area contributed by atoms with Gasteiger partial charge < -0.3 is 5.32 Å². The lowest BCUT2D eigenvalue weighted by atomic mass is 9.79. The highest BCUT2D eigenvalue weighted by Crippen LogP contribution is 2.27. The Morgan fingerprint density at radius 2 is 2.12 bits per heavy atom. The van der Waals surface area contributed by atoms with Crippen LogP contribution < -0.4 is 5.32 Å². The van der Waals surface area contributed by atoms with Gasteiger partial charge in [-0.1, -0.05) is 20.8 Å². The molecule has 1 rings (SSSR count). The minimum absolute atomic E-state index is 0.303. The third-order valence-electron chi connectivity index (χ3n) is 3.40. The predicted octanol–water partition coefficient (Wildman–Crippen LogP) is 3.41. The summed E-state index contributed by atoms with van der Waals surface area (Å²) in [4.78, 5) is 4.20. The summed E-state index contributed by atoms with van der Waals surface area (Å²) in [6, 6.07) is 2.62. The van der Waals surface area contributed by atoms with Crippen LogP contribution in [0.3, 0.4) is 0 Å². The number of nitrogens with zero attached hydrogens (tertiary/aromatic N) is 1. The van der Waals surface area contributed by atoms with E-state index in [-0.39, 0.29) is 0 Å². The molecule has 1 unspecified atom stereocenters. The minimum atomic E-state index is 0.303. The Morgan fingerprint density at radius 3 is 2.62 bits per heavy atom. The van der Waals surface area contributed by atoms with Crippen LogP contribution in [0.2, 0.25) is 0 Å². The molecule has 0 fully saturated rings. The maximum atomic E-state index is 4.20. The lowest BCUT2D eigenvalue weighted by Crippen LogP contribution is -2.41. The Kier molecular flexibility index (Phi) is 4.93. The van der Waals surface area contributed by atoms with Gasteiger partial charge in [-0.05, 0) is 52.9 Å². The van der Waals surface area contributed by atoms with Gasteiger partial charge in [0.05, 0.1) is 0 Å². The van der Waals surface area contributed by atoms with Crippen molar-refractivity contribution in [3.8, 4) is 0 Å². The van der Waals surface area contributed by atoms with Gasteiger partial charge in [-0.3, -0.25) is 4.98 Å². The van der Waals surface area contributed by atoms with Gasteiger partial charge in [0.2, 0.25) is 0 Å². The number of likely N-dealkylation sites (N-methyl/N-ethyl adjacent to an activating group) is 1. The molecule has 3 heteroatoms. The summed E-state index contributed by atoms with van der Waals surface area (Å²) in [5.74, 6) is 0. The maximum absolute atomic E-state index is 4.20. The molecule has 0 saturated carbocycles. The SMILES string of the molecule is CCC(C)(C)C(Cc1cncc(Br)c1)NC. The number of pyridine rings is 1. The van der Waals surface area contributed by atoms with Crippen molar-refractivity contribution in [2.75, 3.05) is 7.05 Å². The Hall–Kier alpha value is -0.410. The summed E-state index contributed by atoms with van der Waals surface area (Å²) >= 11 is 3.46. The molecule has 0 aliphatic heterocycles. The number of hydrogen-bond acceptors (Lipinski definition) is 2. The second-order valence-corrected chi connectivity index (χ2v) is 5.81. The molecule has 0 aliphatic carbocycles. The zero-order chi connectivity index (χ0) is 12.2. The molecule has 1 aromatic heterocycles. The molecule has 0 bridgehead atoms. The van der Waals surface area contributed by atoms with Crippen LogP contribution >= 0.6 is 15.9 Å². The normalized spacial score (nSPS) is 13.8. The molecule has 90 valence electrons. The quantitative estimate of drug-likeness (QED) is 0.896. The van der Waals surface area contributed by atoms with Gasteiger partial charge >= 0.3 is 0 Å². The van der Waals surface area contributed by atoms with Crippen LogP contribution in [-0.4, -0.2) is 18.1 Å². The molecule has 0 radical (unpaired) electrons. The lowest BCUT2D eigenvalue weighted by molar-refractivity contribution is 0.240. The van der Waals surface area contributed by atoms with Crippen LogP contribution in [0.1, 0.15) is 32.8 Å². The van der Waals surface area contributed by atoms with Gasteiger partial charge in [0, 0.05) is 22.9 Å². The van der Waals surface area contributed by atoms with Gasteiger partial charge in [-0.15, -0.1) is 0 Å². The molecule has 1 N–H and O–H groups in total. The van der Waals surface area contributed by atoms with Gasteiger partial charge in [-0.25, -0.2) is 0 Å². The summed E-state index contributed by atoms with van der Waals surface area (Å²) in [6.45, 7) is 6.85. The van der Waals surface area contributed by atoms with E-state index in [1.807, 2.05) is 19.4 Å². The molecule has 0 amide bonds. The minimum Gasteiger partial charge on any atom is -0.316 e. The third kappa shape index (κ3) is 3.56. The van der Waals surface area contributed by atoms with E-state index < -0.39 is 0 Å². The van der Waals surface area contributed by atoms with Gasteiger partial charge in [0.25, 0.3) is 0 Å². The molecule has 0 aromatic carbocycles. The first-order chi connectivity index (χ1) is 7.49. The number of halogens is 1. The molecular weight excluding hydrogens is 264 g/mol. The molecule has 0 saturated heterocycles. The van der Waals surface area contributed by atoms with Crippen molar-refractivity contribution in [1.82, 2.24) is 10.3 Å². The van der Waals surface area contributed by atoms with E-state index >= 15 is 0 Å². The van der Waals surface area contributed by atoms with E-state index in [1.54, 1.807) is 0 Å². The van der Waals surface area contributed by atoms with Crippen LogP contribution in [0, 0.1) is 5.41 Å². The fourth-order valence-corrected chi connectivity index (χ4v) is 2.23. The molecule has 0 aliphatic rings. The van der Waals surface area contributed by atoms with Crippen molar-refractivity contribution < 1.29 is 0 Å². The number of aromatic nitrogens is 1. The first-order valence-electron chi connectivity index (χ1n) is 5.76. The Morgan fingerprint density at radius 1 is 1.44 bits per heavy atom. The Balaban J connectivity index is 2.78. The molecule has 2 nitrogen and oxygen atoms in total. The molecule has 1 heterocycles. The molecule has 1 aromatic rings. The summed E-state index contributed by atoms with van der Waals surface area (Å²) in [7, 11) is 2.04.